The van der Waals surface area contributed by atoms with Gasteiger partial charge in [-0.05, 0) is 18.1 Å². The van der Waals surface area contributed by atoms with Crippen LogP contribution in [0.4, 0.5) is 11.4 Å². The van der Waals surface area contributed by atoms with Crippen LogP contribution in [-0.4, -0.2) is 17.4 Å². The first kappa shape index (κ1) is 15.4. The van der Waals surface area contributed by atoms with Crippen LogP contribution in [0.3, 0.4) is 0 Å². The first-order chi connectivity index (χ1) is 8.86. The second kappa shape index (κ2) is 6.49. The third kappa shape index (κ3) is 3.90. The minimum atomic E-state index is -0.579. The number of carbonyl (C=O) groups excluding carboxylic acids is 1. The summed E-state index contributed by atoms with van der Waals surface area (Å²) in [5.74, 6) is -0.421. The smallest absolute Gasteiger partial charge is 0.288 e. The highest BCUT2D eigenvalue weighted by molar-refractivity contribution is 6.33. The normalized spacial score (nSPS) is 12.3. The zero-order valence-corrected chi connectivity index (χ0v) is 11.5. The maximum absolute atomic E-state index is 11.9. The van der Waals surface area contributed by atoms with E-state index in [2.05, 4.69) is 5.32 Å². The second-order valence-corrected chi connectivity index (χ2v) is 4.91. The third-order valence-corrected chi connectivity index (χ3v) is 3.11. The highest BCUT2D eigenvalue weighted by atomic mass is 35.5. The SMILES string of the molecule is CC(C)C(CN)C(=O)Nc1ccc([N+](=O)[O-])c(Cl)c1. The monoisotopic (exact) mass is 285 g/mol. The van der Waals surface area contributed by atoms with Crippen molar-refractivity contribution in [2.45, 2.75) is 13.8 Å². The van der Waals surface area contributed by atoms with E-state index >= 15 is 0 Å². The average molecular weight is 286 g/mol. The number of nitro groups is 1. The summed E-state index contributed by atoms with van der Waals surface area (Å²) in [4.78, 5) is 22.0. The summed E-state index contributed by atoms with van der Waals surface area (Å²) >= 11 is 5.77. The molecule has 0 saturated carbocycles. The van der Waals surface area contributed by atoms with E-state index in [1.165, 1.54) is 18.2 Å². The zero-order chi connectivity index (χ0) is 14.6. The minimum absolute atomic E-state index is 0.0170. The number of anilines is 1. The molecule has 0 bridgehead atoms. The topological polar surface area (TPSA) is 98.3 Å². The molecule has 1 aromatic carbocycles. The molecule has 1 rings (SSSR count). The van der Waals surface area contributed by atoms with Crippen molar-refractivity contribution in [3.05, 3.63) is 33.3 Å². The maximum atomic E-state index is 11.9. The van der Waals surface area contributed by atoms with Crippen molar-refractivity contribution in [3.8, 4) is 0 Å². The number of nitrogens with two attached hydrogens (primary N) is 1. The number of hydrogen-bond donors (Lipinski definition) is 2. The summed E-state index contributed by atoms with van der Waals surface area (Å²) in [7, 11) is 0. The van der Waals surface area contributed by atoms with Gasteiger partial charge in [-0.25, -0.2) is 0 Å². The molecule has 3 N–H and O–H groups in total. The van der Waals surface area contributed by atoms with Crippen molar-refractivity contribution in [1.29, 1.82) is 0 Å². The molecule has 7 heteroatoms. The number of carbonyl (C=O) groups is 1. The van der Waals surface area contributed by atoms with Gasteiger partial charge in [0.05, 0.1) is 10.8 Å². The molecule has 1 unspecified atom stereocenters. The summed E-state index contributed by atoms with van der Waals surface area (Å²) in [6.45, 7) is 4.05. The number of rotatable bonds is 5. The lowest BCUT2D eigenvalue weighted by Gasteiger charge is -2.18. The highest BCUT2D eigenvalue weighted by Gasteiger charge is 2.21. The van der Waals surface area contributed by atoms with Crippen LogP contribution in [0.15, 0.2) is 18.2 Å². The Balaban J connectivity index is 2.86. The number of amides is 1. The summed E-state index contributed by atoms with van der Waals surface area (Å²) in [5, 5.41) is 13.3. The Morgan fingerprint density at radius 1 is 1.53 bits per heavy atom. The number of benzene rings is 1. The molecule has 0 radical (unpaired) electrons. The number of halogens is 1. The summed E-state index contributed by atoms with van der Waals surface area (Å²) in [5.41, 5.74) is 5.77. The van der Waals surface area contributed by atoms with Crippen LogP contribution in [0.25, 0.3) is 0 Å². The fraction of sp³-hybridized carbons (Fsp3) is 0.417. The van der Waals surface area contributed by atoms with Crippen molar-refractivity contribution in [2.75, 3.05) is 11.9 Å². The molecule has 0 aliphatic carbocycles. The van der Waals surface area contributed by atoms with Crippen molar-refractivity contribution >= 4 is 28.9 Å². The van der Waals surface area contributed by atoms with E-state index in [0.29, 0.717) is 5.69 Å². The van der Waals surface area contributed by atoms with E-state index in [-0.39, 0.29) is 35.0 Å². The van der Waals surface area contributed by atoms with Gasteiger partial charge in [0.15, 0.2) is 0 Å². The molecule has 0 aliphatic heterocycles. The van der Waals surface area contributed by atoms with Crippen LogP contribution in [-0.2, 0) is 4.79 Å². The number of nitrogens with one attached hydrogen (secondary N) is 1. The van der Waals surface area contributed by atoms with Gasteiger partial charge in [0.1, 0.15) is 5.02 Å². The van der Waals surface area contributed by atoms with Gasteiger partial charge in [-0.15, -0.1) is 0 Å². The van der Waals surface area contributed by atoms with E-state index in [9.17, 15) is 14.9 Å². The van der Waals surface area contributed by atoms with Gasteiger partial charge < -0.3 is 11.1 Å². The van der Waals surface area contributed by atoms with Gasteiger partial charge in [-0.2, -0.15) is 0 Å². The standard InChI is InChI=1S/C12H16ClN3O3/c1-7(2)9(6-14)12(17)15-8-3-4-11(16(18)19)10(13)5-8/h3-5,7,9H,6,14H2,1-2H3,(H,15,17). The molecule has 1 atom stereocenters. The number of nitrogens with zero attached hydrogens (tertiary/aromatic N) is 1. The lowest BCUT2D eigenvalue weighted by atomic mass is 9.95. The average Bonchev–Trinajstić information content (AvgIpc) is 2.28. The Kier molecular flexibility index (Phi) is 5.26. The zero-order valence-electron chi connectivity index (χ0n) is 10.7. The van der Waals surface area contributed by atoms with Crippen molar-refractivity contribution < 1.29 is 9.72 Å². The van der Waals surface area contributed by atoms with Crippen LogP contribution in [0.1, 0.15) is 13.8 Å². The molecule has 0 saturated heterocycles. The van der Waals surface area contributed by atoms with Crippen LogP contribution < -0.4 is 11.1 Å². The Labute approximate surface area is 116 Å². The molecule has 104 valence electrons. The second-order valence-electron chi connectivity index (χ2n) is 4.50. The van der Waals surface area contributed by atoms with Crippen molar-refractivity contribution in [2.24, 2.45) is 17.6 Å². The van der Waals surface area contributed by atoms with Gasteiger partial charge in [-0.1, -0.05) is 25.4 Å². The molecule has 0 fully saturated rings. The molecule has 19 heavy (non-hydrogen) atoms. The quantitative estimate of drug-likeness (QED) is 0.641. The molecule has 0 spiro atoms. The van der Waals surface area contributed by atoms with Gasteiger partial charge in [0.2, 0.25) is 5.91 Å². The van der Waals surface area contributed by atoms with Crippen LogP contribution >= 0.6 is 11.6 Å². The Hall–Kier alpha value is -1.66. The number of hydrogen-bond acceptors (Lipinski definition) is 4. The van der Waals surface area contributed by atoms with Gasteiger partial charge >= 0.3 is 0 Å². The molecule has 6 nitrogen and oxygen atoms in total. The Morgan fingerprint density at radius 3 is 2.58 bits per heavy atom. The maximum Gasteiger partial charge on any atom is 0.288 e. The first-order valence-electron chi connectivity index (χ1n) is 5.81. The predicted molar refractivity (Wildman–Crippen MR) is 74.1 cm³/mol. The van der Waals surface area contributed by atoms with E-state index < -0.39 is 4.92 Å². The molecule has 0 aliphatic rings. The number of nitro benzene ring substituents is 1. The molecule has 1 amide bonds. The minimum Gasteiger partial charge on any atom is -0.330 e. The van der Waals surface area contributed by atoms with Crippen molar-refractivity contribution in [3.63, 3.8) is 0 Å². The van der Waals surface area contributed by atoms with Gasteiger partial charge in [0, 0.05) is 18.3 Å². The van der Waals surface area contributed by atoms with Crippen LogP contribution in [0, 0.1) is 22.0 Å². The molecule has 0 heterocycles. The molecular weight excluding hydrogens is 270 g/mol. The van der Waals surface area contributed by atoms with E-state index in [1.54, 1.807) is 0 Å². The third-order valence-electron chi connectivity index (χ3n) is 2.81. The van der Waals surface area contributed by atoms with E-state index in [0.717, 1.165) is 0 Å². The predicted octanol–water partition coefficient (Wildman–Crippen LogP) is 2.42. The molecule has 1 aromatic rings. The van der Waals surface area contributed by atoms with Crippen LogP contribution in [0.5, 0.6) is 0 Å². The van der Waals surface area contributed by atoms with E-state index in [1.807, 2.05) is 13.8 Å². The first-order valence-corrected chi connectivity index (χ1v) is 6.19. The van der Waals surface area contributed by atoms with Crippen molar-refractivity contribution in [1.82, 2.24) is 0 Å². The summed E-state index contributed by atoms with van der Waals surface area (Å²) in [6, 6.07) is 4.05. The Morgan fingerprint density at radius 2 is 2.16 bits per heavy atom. The summed E-state index contributed by atoms with van der Waals surface area (Å²) in [6.07, 6.45) is 0. The molecular formula is C12H16ClN3O3. The van der Waals surface area contributed by atoms with Gasteiger partial charge in [-0.3, -0.25) is 14.9 Å². The van der Waals surface area contributed by atoms with E-state index in [4.69, 9.17) is 17.3 Å². The highest BCUT2D eigenvalue weighted by Crippen LogP contribution is 2.27. The Bertz CT molecular complexity index is 491. The summed E-state index contributed by atoms with van der Waals surface area (Å²) < 4.78 is 0. The largest absolute Gasteiger partial charge is 0.330 e. The fourth-order valence-electron chi connectivity index (χ4n) is 1.65. The lowest BCUT2D eigenvalue weighted by Crippen LogP contribution is -2.33. The molecule has 0 aromatic heterocycles. The lowest BCUT2D eigenvalue weighted by molar-refractivity contribution is -0.384. The van der Waals surface area contributed by atoms with Crippen LogP contribution in [0.2, 0.25) is 5.02 Å². The van der Waals surface area contributed by atoms with Gasteiger partial charge in [0.25, 0.3) is 5.69 Å². The fourth-order valence-corrected chi connectivity index (χ4v) is 1.90.